The molecule has 0 spiro atoms. The smallest absolute Gasteiger partial charge is 0.269 e. The Bertz CT molecular complexity index is 731. The molecule has 7 heteroatoms. The van der Waals surface area contributed by atoms with E-state index in [2.05, 4.69) is 20.4 Å². The number of aryl methyl sites for hydroxylation is 1. The van der Waals surface area contributed by atoms with Crippen molar-refractivity contribution < 1.29 is 9.53 Å². The molecule has 2 N–H and O–H groups in total. The summed E-state index contributed by atoms with van der Waals surface area (Å²) in [5.74, 6) is -0.0893. The van der Waals surface area contributed by atoms with E-state index in [0.29, 0.717) is 24.3 Å². The van der Waals surface area contributed by atoms with Crippen LogP contribution in [0.4, 0.5) is 0 Å². The summed E-state index contributed by atoms with van der Waals surface area (Å²) in [5.41, 5.74) is 2.30. The van der Waals surface area contributed by atoms with Gasteiger partial charge in [0, 0.05) is 63.4 Å². The molecule has 2 saturated heterocycles. The first-order chi connectivity index (χ1) is 12.2. The van der Waals surface area contributed by atoms with E-state index >= 15 is 0 Å². The predicted molar refractivity (Wildman–Crippen MR) is 94.3 cm³/mol. The van der Waals surface area contributed by atoms with E-state index in [1.807, 2.05) is 36.1 Å². The molecule has 1 unspecified atom stereocenters. The number of amides is 1. The Morgan fingerprint density at radius 3 is 2.92 bits per heavy atom. The molecular formula is C18H25N5O2. The van der Waals surface area contributed by atoms with E-state index in [1.54, 1.807) is 0 Å². The van der Waals surface area contributed by atoms with E-state index < -0.39 is 0 Å². The minimum Gasteiger partial charge on any atom is -0.381 e. The van der Waals surface area contributed by atoms with Crippen molar-refractivity contribution in [1.29, 1.82) is 0 Å². The zero-order valence-electron chi connectivity index (χ0n) is 14.6. The van der Waals surface area contributed by atoms with Gasteiger partial charge in [-0.1, -0.05) is 0 Å². The number of ether oxygens (including phenoxy) is 1. The molecule has 2 aliphatic heterocycles. The number of hydrogen-bond acceptors (Lipinski definition) is 4. The highest BCUT2D eigenvalue weighted by Gasteiger charge is 2.34. The molecule has 7 nitrogen and oxygen atoms in total. The zero-order valence-corrected chi connectivity index (χ0v) is 14.6. The monoisotopic (exact) mass is 343 g/mol. The third-order valence-electron chi connectivity index (χ3n) is 5.30. The van der Waals surface area contributed by atoms with Gasteiger partial charge in [0.1, 0.15) is 5.69 Å². The van der Waals surface area contributed by atoms with Gasteiger partial charge in [-0.15, -0.1) is 0 Å². The van der Waals surface area contributed by atoms with Crippen LogP contribution < -0.4 is 5.32 Å². The number of aromatic nitrogens is 3. The van der Waals surface area contributed by atoms with E-state index in [0.717, 1.165) is 50.3 Å². The maximum Gasteiger partial charge on any atom is 0.269 e. The van der Waals surface area contributed by atoms with E-state index in [1.165, 1.54) is 0 Å². The highest BCUT2D eigenvalue weighted by Crippen LogP contribution is 2.25. The van der Waals surface area contributed by atoms with Crippen LogP contribution in [0.5, 0.6) is 0 Å². The quantitative estimate of drug-likeness (QED) is 0.860. The van der Waals surface area contributed by atoms with Gasteiger partial charge in [0.25, 0.3) is 5.91 Å². The molecule has 1 amide bonds. The maximum absolute atomic E-state index is 12.4. The van der Waals surface area contributed by atoms with Gasteiger partial charge in [-0.05, 0) is 31.4 Å². The lowest BCUT2D eigenvalue weighted by Crippen LogP contribution is -2.58. The van der Waals surface area contributed by atoms with Crippen molar-refractivity contribution in [2.24, 2.45) is 7.05 Å². The summed E-state index contributed by atoms with van der Waals surface area (Å²) in [5, 5.41) is 10.1. The molecule has 0 saturated carbocycles. The Morgan fingerprint density at radius 1 is 1.40 bits per heavy atom. The van der Waals surface area contributed by atoms with Gasteiger partial charge in [0.15, 0.2) is 0 Å². The number of likely N-dealkylation sites (tertiary alicyclic amines) is 1. The Balaban J connectivity index is 1.31. The van der Waals surface area contributed by atoms with Crippen LogP contribution in [0, 0.1) is 0 Å². The van der Waals surface area contributed by atoms with Crippen molar-refractivity contribution in [2.75, 3.05) is 26.3 Å². The zero-order chi connectivity index (χ0) is 17.2. The highest BCUT2D eigenvalue weighted by atomic mass is 16.5. The van der Waals surface area contributed by atoms with Crippen LogP contribution in [0.3, 0.4) is 0 Å². The number of H-pyrrole nitrogens is 1. The average molecular weight is 343 g/mol. The summed E-state index contributed by atoms with van der Waals surface area (Å²) in [4.78, 5) is 14.9. The largest absolute Gasteiger partial charge is 0.381 e. The predicted octanol–water partition coefficient (Wildman–Crippen LogP) is 1.40. The third-order valence-corrected chi connectivity index (χ3v) is 5.30. The molecule has 0 bridgehead atoms. The number of nitrogens with zero attached hydrogens (tertiary/aromatic N) is 3. The molecule has 2 aliphatic rings. The summed E-state index contributed by atoms with van der Waals surface area (Å²) < 4.78 is 7.40. The number of carbonyl (C=O) groups is 1. The Kier molecular flexibility index (Phi) is 4.59. The van der Waals surface area contributed by atoms with Gasteiger partial charge in [0.2, 0.25) is 0 Å². The molecule has 0 aromatic carbocycles. The van der Waals surface area contributed by atoms with Crippen molar-refractivity contribution in [2.45, 2.75) is 31.3 Å². The Hall–Kier alpha value is -2.12. The van der Waals surface area contributed by atoms with Crippen LogP contribution in [-0.2, 0) is 11.8 Å². The van der Waals surface area contributed by atoms with Crippen LogP contribution in [0.1, 0.15) is 29.8 Å². The van der Waals surface area contributed by atoms with Crippen LogP contribution in [0.15, 0.2) is 24.5 Å². The molecule has 25 heavy (non-hydrogen) atoms. The second kappa shape index (κ2) is 7.01. The number of rotatable bonds is 5. The molecular weight excluding hydrogens is 318 g/mol. The summed E-state index contributed by atoms with van der Waals surface area (Å²) in [6, 6.07) is 4.85. The molecule has 2 aromatic heterocycles. The van der Waals surface area contributed by atoms with Crippen molar-refractivity contribution in [3.63, 3.8) is 0 Å². The normalized spacial score (nSPS) is 21.9. The van der Waals surface area contributed by atoms with Gasteiger partial charge in [-0.2, -0.15) is 5.10 Å². The lowest BCUT2D eigenvalue weighted by atomic mass is 9.95. The molecule has 2 aromatic rings. The lowest BCUT2D eigenvalue weighted by molar-refractivity contribution is -0.0222. The number of nitrogens with one attached hydrogen (secondary N) is 2. The second-order valence-corrected chi connectivity index (χ2v) is 6.97. The van der Waals surface area contributed by atoms with Gasteiger partial charge in [-0.25, -0.2) is 0 Å². The third kappa shape index (κ3) is 3.48. The number of aromatic amines is 1. The molecule has 4 heterocycles. The molecule has 1 atom stereocenters. The summed E-state index contributed by atoms with van der Waals surface area (Å²) in [6.45, 7) is 3.54. The van der Waals surface area contributed by atoms with E-state index in [-0.39, 0.29) is 5.91 Å². The highest BCUT2D eigenvalue weighted by molar-refractivity contribution is 5.93. The summed E-state index contributed by atoms with van der Waals surface area (Å²) in [7, 11) is 1.96. The van der Waals surface area contributed by atoms with Crippen LogP contribution >= 0.6 is 0 Å². The fourth-order valence-corrected chi connectivity index (χ4v) is 3.72. The SMILES string of the molecule is Cn1ccc(-c2cc(C(=O)NCC3CCN3C3CCOCC3)[nH]n2)c1. The van der Waals surface area contributed by atoms with Gasteiger partial charge in [-0.3, -0.25) is 14.8 Å². The summed E-state index contributed by atoms with van der Waals surface area (Å²) in [6.07, 6.45) is 7.30. The fraction of sp³-hybridized carbons (Fsp3) is 0.556. The second-order valence-electron chi connectivity index (χ2n) is 6.97. The van der Waals surface area contributed by atoms with Gasteiger partial charge in [0.05, 0.1) is 5.69 Å². The first-order valence-corrected chi connectivity index (χ1v) is 9.00. The number of carbonyl (C=O) groups excluding carboxylic acids is 1. The topological polar surface area (TPSA) is 75.2 Å². The summed E-state index contributed by atoms with van der Waals surface area (Å²) >= 11 is 0. The lowest BCUT2D eigenvalue weighted by Gasteiger charge is -2.47. The van der Waals surface area contributed by atoms with Gasteiger partial charge >= 0.3 is 0 Å². The molecule has 0 radical (unpaired) electrons. The van der Waals surface area contributed by atoms with Gasteiger partial charge < -0.3 is 14.6 Å². The van der Waals surface area contributed by atoms with Crippen LogP contribution in [0.25, 0.3) is 11.3 Å². The minimum atomic E-state index is -0.0893. The first kappa shape index (κ1) is 16.4. The van der Waals surface area contributed by atoms with E-state index in [4.69, 9.17) is 4.74 Å². The molecule has 2 fully saturated rings. The molecule has 0 aliphatic carbocycles. The van der Waals surface area contributed by atoms with Crippen molar-refractivity contribution in [1.82, 2.24) is 25.0 Å². The average Bonchev–Trinajstić information content (AvgIpc) is 3.24. The molecule has 134 valence electrons. The van der Waals surface area contributed by atoms with Crippen molar-refractivity contribution in [3.8, 4) is 11.3 Å². The van der Waals surface area contributed by atoms with Crippen molar-refractivity contribution in [3.05, 3.63) is 30.2 Å². The minimum absolute atomic E-state index is 0.0893. The Labute approximate surface area is 147 Å². The number of hydrogen-bond donors (Lipinski definition) is 2. The van der Waals surface area contributed by atoms with Crippen LogP contribution in [-0.4, -0.2) is 64.0 Å². The maximum atomic E-state index is 12.4. The fourth-order valence-electron chi connectivity index (χ4n) is 3.72. The van der Waals surface area contributed by atoms with E-state index in [9.17, 15) is 4.79 Å². The standard InChI is InChI=1S/C18H25N5O2/c1-22-6-2-13(12-22)16-10-17(21-20-16)18(24)19-11-15-3-7-23(15)14-4-8-25-9-5-14/h2,6,10,12,14-15H,3-5,7-9,11H2,1H3,(H,19,24)(H,20,21). The Morgan fingerprint density at radius 2 is 2.24 bits per heavy atom. The van der Waals surface area contributed by atoms with Crippen molar-refractivity contribution >= 4 is 5.91 Å². The molecule has 4 rings (SSSR count). The first-order valence-electron chi connectivity index (χ1n) is 9.00. The van der Waals surface area contributed by atoms with Crippen LogP contribution in [0.2, 0.25) is 0 Å².